The molecule has 0 aromatic heterocycles. The standard InChI is InChI=1S/C8H17N3O/c1-2-3-9-4-6-11-7-5-10-8(11)12/h9H,2-7H2,1H3,(H,10,12). The molecule has 4 heteroatoms. The van der Waals surface area contributed by atoms with Gasteiger partial charge in [-0.05, 0) is 13.0 Å². The Bertz CT molecular complexity index is 149. The van der Waals surface area contributed by atoms with E-state index in [1.807, 2.05) is 4.90 Å². The highest BCUT2D eigenvalue weighted by Gasteiger charge is 2.17. The number of hydrogen-bond acceptors (Lipinski definition) is 2. The van der Waals surface area contributed by atoms with Crippen molar-refractivity contribution in [3.8, 4) is 0 Å². The number of carbonyl (C=O) groups is 1. The van der Waals surface area contributed by atoms with E-state index in [-0.39, 0.29) is 6.03 Å². The molecule has 2 amide bonds. The Morgan fingerprint density at radius 1 is 1.58 bits per heavy atom. The summed E-state index contributed by atoms with van der Waals surface area (Å²) in [6, 6.07) is 0.0771. The lowest BCUT2D eigenvalue weighted by Crippen LogP contribution is -2.34. The van der Waals surface area contributed by atoms with Crippen LogP contribution in [0.25, 0.3) is 0 Å². The van der Waals surface area contributed by atoms with Crippen LogP contribution in [0.4, 0.5) is 4.79 Å². The van der Waals surface area contributed by atoms with Crippen molar-refractivity contribution in [2.75, 3.05) is 32.7 Å². The van der Waals surface area contributed by atoms with Crippen molar-refractivity contribution in [2.24, 2.45) is 0 Å². The van der Waals surface area contributed by atoms with Gasteiger partial charge in [0.1, 0.15) is 0 Å². The average molecular weight is 171 g/mol. The summed E-state index contributed by atoms with van der Waals surface area (Å²) in [4.78, 5) is 12.9. The molecule has 70 valence electrons. The minimum atomic E-state index is 0.0771. The van der Waals surface area contributed by atoms with Gasteiger partial charge in [0.25, 0.3) is 0 Å². The fourth-order valence-corrected chi connectivity index (χ4v) is 1.24. The highest BCUT2D eigenvalue weighted by atomic mass is 16.2. The van der Waals surface area contributed by atoms with Crippen LogP contribution in [0.3, 0.4) is 0 Å². The molecular formula is C8H17N3O. The molecule has 0 aromatic rings. The lowest BCUT2D eigenvalue weighted by atomic mass is 10.4. The van der Waals surface area contributed by atoms with E-state index in [0.717, 1.165) is 39.1 Å². The first-order valence-corrected chi connectivity index (χ1v) is 4.58. The number of amides is 2. The van der Waals surface area contributed by atoms with Crippen molar-refractivity contribution in [1.29, 1.82) is 0 Å². The van der Waals surface area contributed by atoms with E-state index in [1.54, 1.807) is 0 Å². The molecule has 0 saturated carbocycles. The molecule has 1 aliphatic rings. The maximum atomic E-state index is 11.0. The van der Waals surface area contributed by atoms with Gasteiger partial charge in [-0.2, -0.15) is 0 Å². The summed E-state index contributed by atoms with van der Waals surface area (Å²) in [6.45, 7) is 6.55. The van der Waals surface area contributed by atoms with Crippen LogP contribution in [0, 0.1) is 0 Å². The van der Waals surface area contributed by atoms with E-state index in [9.17, 15) is 4.79 Å². The summed E-state index contributed by atoms with van der Waals surface area (Å²) in [5.41, 5.74) is 0. The third kappa shape index (κ3) is 2.70. The summed E-state index contributed by atoms with van der Waals surface area (Å²) < 4.78 is 0. The second-order valence-corrected chi connectivity index (χ2v) is 2.97. The van der Waals surface area contributed by atoms with E-state index >= 15 is 0 Å². The van der Waals surface area contributed by atoms with Gasteiger partial charge >= 0.3 is 6.03 Å². The summed E-state index contributed by atoms with van der Waals surface area (Å²) in [7, 11) is 0. The summed E-state index contributed by atoms with van der Waals surface area (Å²) in [5, 5.41) is 6.03. The van der Waals surface area contributed by atoms with Crippen LogP contribution in [0.5, 0.6) is 0 Å². The van der Waals surface area contributed by atoms with Gasteiger partial charge in [0, 0.05) is 26.2 Å². The van der Waals surface area contributed by atoms with Crippen LogP contribution >= 0.6 is 0 Å². The first kappa shape index (κ1) is 9.32. The Labute approximate surface area is 73.3 Å². The monoisotopic (exact) mass is 171 g/mol. The topological polar surface area (TPSA) is 44.4 Å². The van der Waals surface area contributed by atoms with Crippen molar-refractivity contribution in [3.05, 3.63) is 0 Å². The zero-order valence-electron chi connectivity index (χ0n) is 7.60. The highest BCUT2D eigenvalue weighted by molar-refractivity contribution is 5.76. The van der Waals surface area contributed by atoms with Crippen molar-refractivity contribution in [1.82, 2.24) is 15.5 Å². The third-order valence-electron chi connectivity index (χ3n) is 1.93. The Hall–Kier alpha value is -0.770. The maximum Gasteiger partial charge on any atom is 0.317 e. The lowest BCUT2D eigenvalue weighted by Gasteiger charge is -2.13. The molecule has 1 fully saturated rings. The smallest absolute Gasteiger partial charge is 0.317 e. The molecule has 0 unspecified atom stereocenters. The van der Waals surface area contributed by atoms with Crippen molar-refractivity contribution < 1.29 is 4.79 Å². The average Bonchev–Trinajstić information content (AvgIpc) is 2.46. The molecule has 1 saturated heterocycles. The normalized spacial score (nSPS) is 16.8. The summed E-state index contributed by atoms with van der Waals surface area (Å²) in [5.74, 6) is 0. The van der Waals surface area contributed by atoms with Crippen molar-refractivity contribution in [2.45, 2.75) is 13.3 Å². The molecule has 4 nitrogen and oxygen atoms in total. The van der Waals surface area contributed by atoms with Crippen LogP contribution in [0.15, 0.2) is 0 Å². The van der Waals surface area contributed by atoms with Crippen LogP contribution in [-0.2, 0) is 0 Å². The summed E-state index contributed by atoms with van der Waals surface area (Å²) >= 11 is 0. The second kappa shape index (κ2) is 4.98. The van der Waals surface area contributed by atoms with Gasteiger partial charge in [0.15, 0.2) is 0 Å². The van der Waals surface area contributed by atoms with E-state index in [0.29, 0.717) is 0 Å². The van der Waals surface area contributed by atoms with Crippen molar-refractivity contribution >= 4 is 6.03 Å². The predicted molar refractivity (Wildman–Crippen MR) is 48.1 cm³/mol. The molecule has 12 heavy (non-hydrogen) atoms. The van der Waals surface area contributed by atoms with Gasteiger partial charge in [0.2, 0.25) is 0 Å². The van der Waals surface area contributed by atoms with Crippen LogP contribution in [0.2, 0.25) is 0 Å². The Kier molecular flexibility index (Phi) is 3.87. The van der Waals surface area contributed by atoms with E-state index in [2.05, 4.69) is 17.6 Å². The number of nitrogens with zero attached hydrogens (tertiary/aromatic N) is 1. The lowest BCUT2D eigenvalue weighted by molar-refractivity contribution is 0.217. The van der Waals surface area contributed by atoms with Crippen LogP contribution in [0.1, 0.15) is 13.3 Å². The number of carbonyl (C=O) groups excluding carboxylic acids is 1. The first-order valence-electron chi connectivity index (χ1n) is 4.58. The van der Waals surface area contributed by atoms with Crippen LogP contribution in [-0.4, -0.2) is 43.7 Å². The van der Waals surface area contributed by atoms with E-state index in [1.165, 1.54) is 0 Å². The molecule has 1 rings (SSSR count). The third-order valence-corrected chi connectivity index (χ3v) is 1.93. The fraction of sp³-hybridized carbons (Fsp3) is 0.875. The molecule has 1 heterocycles. The molecule has 1 aliphatic heterocycles. The molecular weight excluding hydrogens is 154 g/mol. The molecule has 0 aliphatic carbocycles. The van der Waals surface area contributed by atoms with E-state index in [4.69, 9.17) is 0 Å². The quantitative estimate of drug-likeness (QED) is 0.572. The van der Waals surface area contributed by atoms with Gasteiger partial charge in [0.05, 0.1) is 0 Å². The first-order chi connectivity index (χ1) is 5.84. The zero-order chi connectivity index (χ0) is 8.81. The molecule has 0 bridgehead atoms. The minimum Gasteiger partial charge on any atom is -0.336 e. The molecule has 0 radical (unpaired) electrons. The zero-order valence-corrected chi connectivity index (χ0v) is 7.60. The maximum absolute atomic E-state index is 11.0. The number of urea groups is 1. The van der Waals surface area contributed by atoms with Gasteiger partial charge in [-0.1, -0.05) is 6.92 Å². The largest absolute Gasteiger partial charge is 0.336 e. The highest BCUT2D eigenvalue weighted by Crippen LogP contribution is 1.94. The number of rotatable bonds is 5. The number of hydrogen-bond donors (Lipinski definition) is 2. The van der Waals surface area contributed by atoms with Crippen molar-refractivity contribution in [3.63, 3.8) is 0 Å². The summed E-state index contributed by atoms with van der Waals surface area (Å²) in [6.07, 6.45) is 1.15. The molecule has 0 atom stereocenters. The fourth-order valence-electron chi connectivity index (χ4n) is 1.24. The number of nitrogens with one attached hydrogen (secondary N) is 2. The van der Waals surface area contributed by atoms with Gasteiger partial charge in [-0.3, -0.25) is 0 Å². The Balaban J connectivity index is 2.02. The molecule has 0 spiro atoms. The van der Waals surface area contributed by atoms with Gasteiger partial charge < -0.3 is 15.5 Å². The van der Waals surface area contributed by atoms with Gasteiger partial charge in [-0.25, -0.2) is 4.79 Å². The minimum absolute atomic E-state index is 0.0771. The predicted octanol–water partition coefficient (Wildman–Crippen LogP) is 0.0112. The van der Waals surface area contributed by atoms with Crippen LogP contribution < -0.4 is 10.6 Å². The molecule has 2 N–H and O–H groups in total. The Morgan fingerprint density at radius 2 is 2.42 bits per heavy atom. The SMILES string of the molecule is CCCNCCN1CCNC1=O. The van der Waals surface area contributed by atoms with E-state index < -0.39 is 0 Å². The van der Waals surface area contributed by atoms with Gasteiger partial charge in [-0.15, -0.1) is 0 Å². The second-order valence-electron chi connectivity index (χ2n) is 2.97. The Morgan fingerprint density at radius 3 is 3.00 bits per heavy atom. The molecule has 0 aromatic carbocycles.